The molecule has 0 atom stereocenters. The minimum absolute atomic E-state index is 0.868. The number of allylic oxidation sites excluding steroid dienone is 2. The second-order valence-electron chi connectivity index (χ2n) is 8.48. The smallest absolute Gasteiger partial charge is 0.132 e. The highest BCUT2D eigenvalue weighted by atomic mass is 32.2. The van der Waals surface area contributed by atoms with Crippen LogP contribution < -0.4 is 5.32 Å². The maximum absolute atomic E-state index is 4.39. The molecule has 0 saturated heterocycles. The molecule has 2 aromatic carbocycles. The lowest BCUT2D eigenvalue weighted by Crippen LogP contribution is -2.22. The molecule has 0 aliphatic rings. The largest absolute Gasteiger partial charge is 0.355 e. The average Bonchev–Trinajstić information content (AvgIpc) is 3.25. The van der Waals surface area contributed by atoms with E-state index in [4.69, 9.17) is 0 Å². The van der Waals surface area contributed by atoms with E-state index in [-0.39, 0.29) is 0 Å². The van der Waals surface area contributed by atoms with E-state index < -0.39 is 0 Å². The Morgan fingerprint density at radius 2 is 1.51 bits per heavy atom. The van der Waals surface area contributed by atoms with E-state index in [0.717, 1.165) is 28.3 Å². The number of fused-ring (bicyclic) bond motifs is 1. The third-order valence-corrected chi connectivity index (χ3v) is 5.07. The first-order valence-electron chi connectivity index (χ1n) is 12.5. The fourth-order valence-corrected chi connectivity index (χ4v) is 3.04. The number of aromatic nitrogens is 1. The van der Waals surface area contributed by atoms with Crippen molar-refractivity contribution in [3.63, 3.8) is 0 Å². The van der Waals surface area contributed by atoms with Crippen molar-refractivity contribution < 1.29 is 0 Å². The van der Waals surface area contributed by atoms with Gasteiger partial charge in [0.2, 0.25) is 0 Å². The van der Waals surface area contributed by atoms with Crippen molar-refractivity contribution in [1.29, 1.82) is 0 Å². The number of hydrogen-bond donors (Lipinski definition) is 2. The Kier molecular flexibility index (Phi) is 18.1. The number of hydrogen-bond acceptors (Lipinski definition) is 2. The van der Waals surface area contributed by atoms with Gasteiger partial charge in [-0.1, -0.05) is 82.9 Å². The number of aliphatic imine (C=N–C) groups is 1. The van der Waals surface area contributed by atoms with Crippen LogP contribution in [-0.4, -0.2) is 24.1 Å². The summed E-state index contributed by atoms with van der Waals surface area (Å²) in [5.74, 6) is 0.868. The van der Waals surface area contributed by atoms with Crippen molar-refractivity contribution in [2.24, 2.45) is 4.99 Å². The third kappa shape index (κ3) is 14.3. The molecule has 0 spiro atoms. The molecule has 0 fully saturated rings. The zero-order chi connectivity index (χ0) is 26.6. The summed E-state index contributed by atoms with van der Waals surface area (Å²) < 4.78 is 0. The number of aromatic amines is 1. The quantitative estimate of drug-likeness (QED) is 0.161. The van der Waals surface area contributed by atoms with Gasteiger partial charge in [0.1, 0.15) is 5.84 Å². The SMILES string of the molecule is C=C(C)C.CCC.CCCC.CN=C(N/C(C)=C\c1cc2ccccc2[nH]1)c1ccc(SC)cc1. The summed E-state index contributed by atoms with van der Waals surface area (Å²) in [6.45, 7) is 18.2. The minimum atomic E-state index is 0.868. The number of nitrogens with zero attached hydrogens (tertiary/aromatic N) is 1. The van der Waals surface area contributed by atoms with Gasteiger partial charge in [-0.2, -0.15) is 0 Å². The van der Waals surface area contributed by atoms with Crippen molar-refractivity contribution in [2.45, 2.75) is 72.6 Å². The summed E-state index contributed by atoms with van der Waals surface area (Å²) in [5.41, 5.74) is 5.51. The molecule has 0 bridgehead atoms. The molecule has 2 N–H and O–H groups in total. The van der Waals surface area contributed by atoms with Gasteiger partial charge in [-0.05, 0) is 62.8 Å². The summed E-state index contributed by atoms with van der Waals surface area (Å²) >= 11 is 1.74. The first kappa shape index (κ1) is 32.3. The van der Waals surface area contributed by atoms with Crippen molar-refractivity contribution in [3.05, 3.63) is 83.7 Å². The maximum Gasteiger partial charge on any atom is 0.132 e. The van der Waals surface area contributed by atoms with Crippen molar-refractivity contribution in [3.8, 4) is 0 Å². The zero-order valence-electron chi connectivity index (χ0n) is 23.5. The van der Waals surface area contributed by atoms with Crippen LogP contribution in [0.3, 0.4) is 0 Å². The number of unbranched alkanes of at least 4 members (excludes halogenated alkanes) is 1. The number of thioether (sulfide) groups is 1. The Hall–Kier alpha value is -2.72. The second-order valence-corrected chi connectivity index (χ2v) is 9.36. The molecule has 35 heavy (non-hydrogen) atoms. The molecule has 4 heteroatoms. The zero-order valence-corrected chi connectivity index (χ0v) is 24.3. The molecule has 0 aliphatic heterocycles. The predicted octanol–water partition coefficient (Wildman–Crippen LogP) is 9.72. The molecule has 1 heterocycles. The lowest BCUT2D eigenvalue weighted by molar-refractivity contribution is 0.886. The molecule has 0 aliphatic carbocycles. The van der Waals surface area contributed by atoms with Crippen LogP contribution in [0.1, 0.15) is 79.0 Å². The van der Waals surface area contributed by atoms with E-state index in [1.807, 2.05) is 26.8 Å². The van der Waals surface area contributed by atoms with Crippen molar-refractivity contribution in [2.75, 3.05) is 13.3 Å². The van der Waals surface area contributed by atoms with Gasteiger partial charge >= 0.3 is 0 Å². The van der Waals surface area contributed by atoms with Crippen molar-refractivity contribution >= 4 is 34.6 Å². The summed E-state index contributed by atoms with van der Waals surface area (Å²) in [6.07, 6.45) is 8.07. The number of nitrogens with one attached hydrogen (secondary N) is 2. The topological polar surface area (TPSA) is 40.2 Å². The molecular formula is C31H47N3S. The third-order valence-electron chi connectivity index (χ3n) is 4.33. The summed E-state index contributed by atoms with van der Waals surface area (Å²) in [5, 5.41) is 4.61. The van der Waals surface area contributed by atoms with Gasteiger partial charge < -0.3 is 10.3 Å². The van der Waals surface area contributed by atoms with E-state index in [0.29, 0.717) is 0 Å². The van der Waals surface area contributed by atoms with Gasteiger partial charge in [-0.15, -0.1) is 18.3 Å². The molecular weight excluding hydrogens is 446 g/mol. The van der Waals surface area contributed by atoms with E-state index in [1.165, 1.54) is 35.1 Å². The van der Waals surface area contributed by atoms with Crippen LogP contribution in [-0.2, 0) is 0 Å². The molecule has 3 nitrogen and oxygen atoms in total. The molecule has 192 valence electrons. The Bertz CT molecular complexity index is 988. The molecule has 3 rings (SSSR count). The standard InChI is InChI=1S/C20H21N3S.C4H8.C4H10.C3H8/c1-14(12-17-13-16-6-4-5-7-19(16)23-17)22-20(21-2)15-8-10-18(24-3)11-9-15;1-4(2)3;1-3-4-2;1-3-2/h4-13,23H,1-3H3,(H,21,22);1H2,2-3H3;3-4H2,1-2H3;3H2,1-2H3/b14-12-;;;. The van der Waals surface area contributed by atoms with Crippen molar-refractivity contribution in [1.82, 2.24) is 10.3 Å². The average molecular weight is 494 g/mol. The van der Waals surface area contributed by atoms with Crippen LogP contribution >= 0.6 is 11.8 Å². The Morgan fingerprint density at radius 3 is 1.97 bits per heavy atom. The molecule has 1 aromatic heterocycles. The van der Waals surface area contributed by atoms with Crippen LogP contribution in [0.2, 0.25) is 0 Å². The first-order valence-corrected chi connectivity index (χ1v) is 13.7. The Balaban J connectivity index is 0.000000891. The number of benzene rings is 2. The van der Waals surface area contributed by atoms with E-state index >= 15 is 0 Å². The van der Waals surface area contributed by atoms with Crippen LogP contribution in [0.5, 0.6) is 0 Å². The first-order chi connectivity index (χ1) is 16.8. The number of H-pyrrole nitrogens is 1. The molecule has 3 aromatic rings. The highest BCUT2D eigenvalue weighted by molar-refractivity contribution is 7.98. The highest BCUT2D eigenvalue weighted by Gasteiger charge is 2.04. The van der Waals surface area contributed by atoms with E-state index in [2.05, 4.69) is 110 Å². The molecule has 0 amide bonds. The Morgan fingerprint density at radius 1 is 0.971 bits per heavy atom. The number of rotatable bonds is 5. The molecule has 0 radical (unpaired) electrons. The van der Waals surface area contributed by atoms with Crippen LogP contribution in [0.15, 0.2) is 82.3 Å². The lowest BCUT2D eigenvalue weighted by Gasteiger charge is -2.10. The second kappa shape index (κ2) is 19.6. The normalized spacial score (nSPS) is 10.8. The Labute approximate surface area is 219 Å². The minimum Gasteiger partial charge on any atom is -0.355 e. The van der Waals surface area contributed by atoms with Gasteiger partial charge in [0, 0.05) is 34.4 Å². The van der Waals surface area contributed by atoms with Gasteiger partial charge in [0.25, 0.3) is 0 Å². The number of amidine groups is 1. The monoisotopic (exact) mass is 493 g/mol. The van der Waals surface area contributed by atoms with E-state index in [1.54, 1.807) is 18.8 Å². The summed E-state index contributed by atoms with van der Waals surface area (Å²) in [6, 6.07) is 18.9. The fraction of sp³-hybridized carbons (Fsp3) is 0.387. The van der Waals surface area contributed by atoms with Crippen LogP contribution in [0.25, 0.3) is 17.0 Å². The summed E-state index contributed by atoms with van der Waals surface area (Å²) in [7, 11) is 1.81. The van der Waals surface area contributed by atoms with Gasteiger partial charge in [-0.25, -0.2) is 0 Å². The predicted molar refractivity (Wildman–Crippen MR) is 163 cm³/mol. The van der Waals surface area contributed by atoms with Gasteiger partial charge in [-0.3, -0.25) is 4.99 Å². The highest BCUT2D eigenvalue weighted by Crippen LogP contribution is 2.17. The lowest BCUT2D eigenvalue weighted by atomic mass is 10.2. The van der Waals surface area contributed by atoms with E-state index in [9.17, 15) is 0 Å². The summed E-state index contributed by atoms with van der Waals surface area (Å²) in [4.78, 5) is 9.05. The fourth-order valence-electron chi connectivity index (χ4n) is 2.64. The molecule has 0 saturated carbocycles. The van der Waals surface area contributed by atoms with Gasteiger partial charge in [0.15, 0.2) is 0 Å². The number of para-hydroxylation sites is 1. The van der Waals surface area contributed by atoms with Crippen LogP contribution in [0, 0.1) is 0 Å². The maximum atomic E-state index is 4.39. The molecule has 0 unspecified atom stereocenters. The van der Waals surface area contributed by atoms with Gasteiger partial charge in [0.05, 0.1) is 0 Å². The van der Waals surface area contributed by atoms with Crippen LogP contribution in [0.4, 0.5) is 0 Å².